The van der Waals surface area contributed by atoms with Crippen molar-refractivity contribution >= 4 is 11.7 Å². The summed E-state index contributed by atoms with van der Waals surface area (Å²) in [4.78, 5) is 12.3. The lowest BCUT2D eigenvalue weighted by Gasteiger charge is -2.13. The molecule has 0 unspecified atom stereocenters. The summed E-state index contributed by atoms with van der Waals surface area (Å²) in [5.41, 5.74) is 2.98. The van der Waals surface area contributed by atoms with E-state index in [2.05, 4.69) is 20.8 Å². The molecule has 3 rings (SSSR count). The molecule has 0 atom stereocenters. The standard InChI is InChI=1S/C16H20N4O3/c1-22-13-4-3-10(7-14(13)23-2)8-15(21)18-16-11-9-17-6-5-12(11)19-20-16/h3-4,7,17H,5-6,8-9H2,1-2H3,(H2,18,19,20,21). The van der Waals surface area contributed by atoms with Crippen LogP contribution in [0.25, 0.3) is 0 Å². The maximum atomic E-state index is 12.3. The molecule has 0 radical (unpaired) electrons. The van der Waals surface area contributed by atoms with E-state index in [-0.39, 0.29) is 12.3 Å². The number of hydrogen-bond acceptors (Lipinski definition) is 5. The number of anilines is 1. The molecule has 1 aliphatic rings. The largest absolute Gasteiger partial charge is 0.493 e. The molecule has 0 bridgehead atoms. The summed E-state index contributed by atoms with van der Waals surface area (Å²) < 4.78 is 10.5. The molecule has 0 saturated heterocycles. The Morgan fingerprint density at radius 3 is 2.91 bits per heavy atom. The summed E-state index contributed by atoms with van der Waals surface area (Å²) in [7, 11) is 3.16. The minimum atomic E-state index is -0.114. The number of fused-ring (bicyclic) bond motifs is 1. The normalized spacial score (nSPS) is 13.3. The van der Waals surface area contributed by atoms with E-state index in [4.69, 9.17) is 9.47 Å². The number of amides is 1. The van der Waals surface area contributed by atoms with Crippen molar-refractivity contribution in [1.82, 2.24) is 15.5 Å². The predicted molar refractivity (Wildman–Crippen MR) is 85.9 cm³/mol. The molecule has 1 amide bonds. The van der Waals surface area contributed by atoms with Crippen LogP contribution < -0.4 is 20.1 Å². The van der Waals surface area contributed by atoms with Crippen molar-refractivity contribution in [3.8, 4) is 11.5 Å². The molecule has 7 nitrogen and oxygen atoms in total. The van der Waals surface area contributed by atoms with Gasteiger partial charge >= 0.3 is 0 Å². The summed E-state index contributed by atoms with van der Waals surface area (Å²) in [6, 6.07) is 5.45. The van der Waals surface area contributed by atoms with Gasteiger partial charge in [0.1, 0.15) is 0 Å². The molecular weight excluding hydrogens is 296 g/mol. The molecule has 7 heteroatoms. The minimum Gasteiger partial charge on any atom is -0.493 e. The summed E-state index contributed by atoms with van der Waals surface area (Å²) in [5, 5.41) is 13.3. The Morgan fingerprint density at radius 1 is 1.30 bits per heavy atom. The SMILES string of the molecule is COc1ccc(CC(=O)Nc2n[nH]c3c2CNCC3)cc1OC. The van der Waals surface area contributed by atoms with Crippen LogP contribution >= 0.6 is 0 Å². The smallest absolute Gasteiger partial charge is 0.230 e. The Hall–Kier alpha value is -2.54. The van der Waals surface area contributed by atoms with Crippen LogP contribution in [-0.4, -0.2) is 36.9 Å². The maximum Gasteiger partial charge on any atom is 0.230 e. The van der Waals surface area contributed by atoms with Crippen LogP contribution in [0.4, 0.5) is 5.82 Å². The second kappa shape index (κ2) is 6.70. The first-order chi connectivity index (χ1) is 11.2. The molecule has 0 aliphatic carbocycles. The number of nitrogens with zero attached hydrogens (tertiary/aromatic N) is 1. The number of benzene rings is 1. The number of carbonyl (C=O) groups is 1. The highest BCUT2D eigenvalue weighted by molar-refractivity contribution is 5.92. The zero-order valence-corrected chi connectivity index (χ0v) is 13.2. The fourth-order valence-electron chi connectivity index (χ4n) is 2.68. The van der Waals surface area contributed by atoms with E-state index in [0.717, 1.165) is 36.3 Å². The Labute approximate surface area is 134 Å². The van der Waals surface area contributed by atoms with Crippen molar-refractivity contribution in [2.45, 2.75) is 19.4 Å². The van der Waals surface area contributed by atoms with E-state index >= 15 is 0 Å². The van der Waals surface area contributed by atoms with Crippen LogP contribution in [0.2, 0.25) is 0 Å². The van der Waals surface area contributed by atoms with Crippen LogP contribution in [0.15, 0.2) is 18.2 Å². The molecule has 2 heterocycles. The van der Waals surface area contributed by atoms with Crippen molar-refractivity contribution < 1.29 is 14.3 Å². The van der Waals surface area contributed by atoms with Gasteiger partial charge in [-0.3, -0.25) is 9.89 Å². The first kappa shape index (κ1) is 15.4. The zero-order valence-electron chi connectivity index (χ0n) is 13.2. The highest BCUT2D eigenvalue weighted by atomic mass is 16.5. The van der Waals surface area contributed by atoms with E-state index in [1.165, 1.54) is 0 Å². The van der Waals surface area contributed by atoms with E-state index in [9.17, 15) is 4.79 Å². The molecular formula is C16H20N4O3. The van der Waals surface area contributed by atoms with Gasteiger partial charge in [0.25, 0.3) is 0 Å². The molecule has 1 aliphatic heterocycles. The summed E-state index contributed by atoms with van der Waals surface area (Å²) in [6.45, 7) is 1.64. The lowest BCUT2D eigenvalue weighted by Crippen LogP contribution is -2.24. The molecule has 23 heavy (non-hydrogen) atoms. The van der Waals surface area contributed by atoms with Gasteiger partial charge in [0.2, 0.25) is 5.91 Å². The molecule has 1 aromatic heterocycles. The van der Waals surface area contributed by atoms with Gasteiger partial charge in [0, 0.05) is 30.8 Å². The van der Waals surface area contributed by atoms with Gasteiger partial charge in [0.05, 0.1) is 20.6 Å². The number of carbonyl (C=O) groups excluding carboxylic acids is 1. The third-order valence-corrected chi connectivity index (χ3v) is 3.88. The van der Waals surface area contributed by atoms with Crippen molar-refractivity contribution in [2.75, 3.05) is 26.1 Å². The fraction of sp³-hybridized carbons (Fsp3) is 0.375. The number of aromatic nitrogens is 2. The zero-order chi connectivity index (χ0) is 16.2. The molecule has 0 saturated carbocycles. The Kier molecular flexibility index (Phi) is 4.47. The molecule has 3 N–H and O–H groups in total. The van der Waals surface area contributed by atoms with E-state index < -0.39 is 0 Å². The average Bonchev–Trinajstić information content (AvgIpc) is 2.97. The lowest BCUT2D eigenvalue weighted by molar-refractivity contribution is -0.115. The number of H-pyrrole nitrogens is 1. The lowest BCUT2D eigenvalue weighted by atomic mass is 10.1. The van der Waals surface area contributed by atoms with E-state index in [1.54, 1.807) is 26.4 Å². The Bertz CT molecular complexity index is 711. The van der Waals surface area contributed by atoms with Gasteiger partial charge < -0.3 is 20.1 Å². The van der Waals surface area contributed by atoms with Gasteiger partial charge in [-0.25, -0.2) is 0 Å². The molecule has 0 fully saturated rings. The Balaban J connectivity index is 1.69. The van der Waals surface area contributed by atoms with Crippen LogP contribution in [0.3, 0.4) is 0 Å². The van der Waals surface area contributed by atoms with Crippen molar-refractivity contribution in [3.05, 3.63) is 35.0 Å². The number of nitrogens with one attached hydrogen (secondary N) is 3. The summed E-state index contributed by atoms with van der Waals surface area (Å²) in [6.07, 6.45) is 1.14. The number of hydrogen-bond donors (Lipinski definition) is 3. The summed E-state index contributed by atoms with van der Waals surface area (Å²) >= 11 is 0. The second-order valence-corrected chi connectivity index (χ2v) is 5.37. The second-order valence-electron chi connectivity index (χ2n) is 5.37. The van der Waals surface area contributed by atoms with Crippen LogP contribution in [0, 0.1) is 0 Å². The third-order valence-electron chi connectivity index (χ3n) is 3.88. The summed E-state index contributed by atoms with van der Waals surface area (Å²) in [5.74, 6) is 1.75. The average molecular weight is 316 g/mol. The quantitative estimate of drug-likeness (QED) is 0.773. The van der Waals surface area contributed by atoms with Crippen molar-refractivity contribution in [1.29, 1.82) is 0 Å². The van der Waals surface area contributed by atoms with Gasteiger partial charge in [-0.2, -0.15) is 5.10 Å². The van der Waals surface area contributed by atoms with Crippen LogP contribution in [-0.2, 0) is 24.2 Å². The first-order valence-electron chi connectivity index (χ1n) is 7.49. The fourth-order valence-corrected chi connectivity index (χ4v) is 2.68. The number of methoxy groups -OCH3 is 2. The highest BCUT2D eigenvalue weighted by Gasteiger charge is 2.18. The number of rotatable bonds is 5. The van der Waals surface area contributed by atoms with Crippen LogP contribution in [0.5, 0.6) is 11.5 Å². The maximum absolute atomic E-state index is 12.3. The molecule has 1 aromatic carbocycles. The van der Waals surface area contributed by atoms with Gasteiger partial charge in [-0.15, -0.1) is 0 Å². The first-order valence-corrected chi connectivity index (χ1v) is 7.49. The van der Waals surface area contributed by atoms with Crippen molar-refractivity contribution in [2.24, 2.45) is 0 Å². The van der Waals surface area contributed by atoms with E-state index in [0.29, 0.717) is 17.3 Å². The predicted octanol–water partition coefficient (Wildman–Crippen LogP) is 1.25. The van der Waals surface area contributed by atoms with E-state index in [1.807, 2.05) is 6.07 Å². The minimum absolute atomic E-state index is 0.114. The molecule has 122 valence electrons. The Morgan fingerprint density at radius 2 is 2.13 bits per heavy atom. The number of ether oxygens (including phenoxy) is 2. The van der Waals surface area contributed by atoms with Crippen molar-refractivity contribution in [3.63, 3.8) is 0 Å². The van der Waals surface area contributed by atoms with Crippen LogP contribution in [0.1, 0.15) is 16.8 Å². The van der Waals surface area contributed by atoms with Gasteiger partial charge in [-0.1, -0.05) is 6.07 Å². The monoisotopic (exact) mass is 316 g/mol. The van der Waals surface area contributed by atoms with Gasteiger partial charge in [0.15, 0.2) is 17.3 Å². The molecule has 0 spiro atoms. The highest BCUT2D eigenvalue weighted by Crippen LogP contribution is 2.28. The van der Waals surface area contributed by atoms with Gasteiger partial charge in [-0.05, 0) is 17.7 Å². The third kappa shape index (κ3) is 3.29. The molecule has 2 aromatic rings. The topological polar surface area (TPSA) is 88.3 Å². The number of aromatic amines is 1.